The number of amides is 1. The number of carbonyl (C=O) groups is 1. The largest absolute Gasteiger partial charge is 0.480 e. The van der Waals surface area contributed by atoms with Gasteiger partial charge in [-0.3, -0.25) is 9.89 Å². The van der Waals surface area contributed by atoms with Crippen LogP contribution in [0.15, 0.2) is 24.5 Å². The minimum atomic E-state index is -0.488. The van der Waals surface area contributed by atoms with Crippen molar-refractivity contribution in [3.8, 4) is 5.75 Å². The average molecular weight is 293 g/mol. The molecule has 20 heavy (non-hydrogen) atoms. The normalized spacial score (nSPS) is 16.6. The Bertz CT molecular complexity index is 615. The molecule has 1 aromatic heterocycles. The summed E-state index contributed by atoms with van der Waals surface area (Å²) in [6.07, 6.45) is 2.11. The Morgan fingerprint density at radius 1 is 1.55 bits per heavy atom. The molecule has 1 aromatic carbocycles. The first-order chi connectivity index (χ1) is 9.72. The fourth-order valence-corrected chi connectivity index (χ4v) is 2.33. The van der Waals surface area contributed by atoms with Crippen molar-refractivity contribution in [2.24, 2.45) is 0 Å². The average Bonchev–Trinajstić information content (AvgIpc) is 3.06. The molecule has 3 rings (SSSR count). The van der Waals surface area contributed by atoms with Gasteiger partial charge in [0.1, 0.15) is 17.9 Å². The molecule has 1 atom stereocenters. The fraction of sp³-hybridized carbons (Fsp3) is 0.308. The lowest BCUT2D eigenvalue weighted by molar-refractivity contribution is -0.127. The summed E-state index contributed by atoms with van der Waals surface area (Å²) >= 11 is 5.92. The number of nitrogens with one attached hydrogen (secondary N) is 2. The van der Waals surface area contributed by atoms with E-state index < -0.39 is 6.10 Å². The lowest BCUT2D eigenvalue weighted by atomic mass is 10.1. The molecule has 0 spiro atoms. The van der Waals surface area contributed by atoms with E-state index in [0.29, 0.717) is 24.4 Å². The van der Waals surface area contributed by atoms with Crippen LogP contribution >= 0.6 is 11.6 Å². The predicted octanol–water partition coefficient (Wildman–Crippen LogP) is 1.12. The van der Waals surface area contributed by atoms with Gasteiger partial charge in [0.15, 0.2) is 6.10 Å². The molecule has 2 N–H and O–H groups in total. The zero-order valence-corrected chi connectivity index (χ0v) is 11.4. The molecule has 1 aliphatic heterocycles. The molecule has 2 aromatic rings. The van der Waals surface area contributed by atoms with Gasteiger partial charge in [0.2, 0.25) is 0 Å². The van der Waals surface area contributed by atoms with Gasteiger partial charge in [0.25, 0.3) is 5.91 Å². The summed E-state index contributed by atoms with van der Waals surface area (Å²) in [5.74, 6) is 1.34. The van der Waals surface area contributed by atoms with Crippen LogP contribution in [0, 0.1) is 0 Å². The summed E-state index contributed by atoms with van der Waals surface area (Å²) in [6, 6.07) is 5.38. The number of rotatable bonds is 4. The molecular weight excluding hydrogens is 280 g/mol. The third-order valence-electron chi connectivity index (χ3n) is 3.12. The predicted molar refractivity (Wildman–Crippen MR) is 72.7 cm³/mol. The highest BCUT2D eigenvalue weighted by Crippen LogP contribution is 2.31. The highest BCUT2D eigenvalue weighted by molar-refractivity contribution is 6.30. The van der Waals surface area contributed by atoms with E-state index in [0.717, 1.165) is 17.1 Å². The number of halogens is 1. The van der Waals surface area contributed by atoms with Crippen LogP contribution in [0.25, 0.3) is 0 Å². The molecule has 0 saturated heterocycles. The Morgan fingerprint density at radius 3 is 3.25 bits per heavy atom. The second-order valence-corrected chi connectivity index (χ2v) is 4.97. The van der Waals surface area contributed by atoms with Gasteiger partial charge < -0.3 is 10.1 Å². The first kappa shape index (κ1) is 12.9. The summed E-state index contributed by atoms with van der Waals surface area (Å²) in [4.78, 5) is 16.0. The molecule has 7 heteroatoms. The molecule has 0 bridgehead atoms. The minimum absolute atomic E-state index is 0.128. The molecule has 6 nitrogen and oxygen atoms in total. The molecule has 0 aliphatic carbocycles. The van der Waals surface area contributed by atoms with Gasteiger partial charge in [0.05, 0.1) is 0 Å². The van der Waals surface area contributed by atoms with E-state index in [4.69, 9.17) is 16.3 Å². The smallest absolute Gasteiger partial charge is 0.261 e. The second kappa shape index (κ2) is 5.50. The molecule has 0 saturated carbocycles. The van der Waals surface area contributed by atoms with Gasteiger partial charge in [-0.1, -0.05) is 11.6 Å². The maximum absolute atomic E-state index is 12.0. The van der Waals surface area contributed by atoms with Crippen LogP contribution in [-0.4, -0.2) is 33.7 Å². The quantitative estimate of drug-likeness (QED) is 0.885. The van der Waals surface area contributed by atoms with E-state index in [-0.39, 0.29) is 5.91 Å². The molecule has 0 fully saturated rings. The number of carbonyl (C=O) groups excluding carboxylic acids is 1. The molecule has 104 valence electrons. The first-order valence-electron chi connectivity index (χ1n) is 6.29. The number of hydrogen-bond donors (Lipinski definition) is 2. The third kappa shape index (κ3) is 2.75. The van der Waals surface area contributed by atoms with Gasteiger partial charge in [-0.05, 0) is 23.8 Å². The van der Waals surface area contributed by atoms with E-state index in [1.54, 1.807) is 12.1 Å². The van der Waals surface area contributed by atoms with Gasteiger partial charge >= 0.3 is 0 Å². The Balaban J connectivity index is 1.52. The van der Waals surface area contributed by atoms with Crippen LogP contribution in [-0.2, 0) is 17.6 Å². The number of hydrogen-bond acceptors (Lipinski definition) is 4. The van der Waals surface area contributed by atoms with Crippen molar-refractivity contribution in [3.63, 3.8) is 0 Å². The van der Waals surface area contributed by atoms with Crippen molar-refractivity contribution in [3.05, 3.63) is 40.9 Å². The van der Waals surface area contributed by atoms with Gasteiger partial charge in [-0.25, -0.2) is 4.98 Å². The number of aromatic amines is 1. The Hall–Kier alpha value is -2.08. The van der Waals surface area contributed by atoms with Crippen LogP contribution in [0.2, 0.25) is 5.02 Å². The van der Waals surface area contributed by atoms with Crippen LogP contribution in [0.3, 0.4) is 0 Å². The van der Waals surface area contributed by atoms with Gasteiger partial charge in [-0.15, -0.1) is 0 Å². The van der Waals surface area contributed by atoms with Crippen LogP contribution in [0.1, 0.15) is 11.4 Å². The second-order valence-electron chi connectivity index (χ2n) is 4.54. The first-order valence-corrected chi connectivity index (χ1v) is 6.67. The zero-order valence-electron chi connectivity index (χ0n) is 10.6. The maximum atomic E-state index is 12.0. The summed E-state index contributed by atoms with van der Waals surface area (Å²) in [7, 11) is 0. The molecule has 0 radical (unpaired) electrons. The SMILES string of the molecule is O=C(NCCc1ncn[nH]1)C1Cc2cc(Cl)ccc2O1. The van der Waals surface area contributed by atoms with Crippen LogP contribution < -0.4 is 10.1 Å². The Morgan fingerprint density at radius 2 is 2.45 bits per heavy atom. The summed E-state index contributed by atoms with van der Waals surface area (Å²) < 4.78 is 5.61. The topological polar surface area (TPSA) is 79.9 Å². The number of nitrogens with zero attached hydrogens (tertiary/aromatic N) is 2. The molecule has 1 aliphatic rings. The van der Waals surface area contributed by atoms with E-state index in [2.05, 4.69) is 20.5 Å². The number of aromatic nitrogens is 3. The van der Waals surface area contributed by atoms with Gasteiger partial charge in [0, 0.05) is 24.4 Å². The van der Waals surface area contributed by atoms with E-state index in [1.165, 1.54) is 6.33 Å². The van der Waals surface area contributed by atoms with Crippen LogP contribution in [0.4, 0.5) is 0 Å². The van der Waals surface area contributed by atoms with Crippen molar-refractivity contribution in [1.82, 2.24) is 20.5 Å². The van der Waals surface area contributed by atoms with E-state index >= 15 is 0 Å². The Kier molecular flexibility index (Phi) is 3.56. The highest BCUT2D eigenvalue weighted by Gasteiger charge is 2.28. The van der Waals surface area contributed by atoms with Crippen molar-refractivity contribution in [2.45, 2.75) is 18.9 Å². The number of benzene rings is 1. The maximum Gasteiger partial charge on any atom is 0.261 e. The molecule has 1 unspecified atom stereocenters. The van der Waals surface area contributed by atoms with Crippen molar-refractivity contribution in [2.75, 3.05) is 6.54 Å². The van der Waals surface area contributed by atoms with E-state index in [1.807, 2.05) is 6.07 Å². The summed E-state index contributed by atoms with van der Waals surface area (Å²) in [5, 5.41) is 9.97. The number of ether oxygens (including phenoxy) is 1. The van der Waals surface area contributed by atoms with Crippen molar-refractivity contribution < 1.29 is 9.53 Å². The highest BCUT2D eigenvalue weighted by atomic mass is 35.5. The Labute approximate surface area is 120 Å². The number of H-pyrrole nitrogens is 1. The summed E-state index contributed by atoms with van der Waals surface area (Å²) in [5.41, 5.74) is 0.966. The van der Waals surface area contributed by atoms with Crippen molar-refractivity contribution in [1.29, 1.82) is 0 Å². The lowest BCUT2D eigenvalue weighted by Gasteiger charge is -2.10. The monoisotopic (exact) mass is 292 g/mol. The fourth-order valence-electron chi connectivity index (χ4n) is 2.13. The van der Waals surface area contributed by atoms with Crippen LogP contribution in [0.5, 0.6) is 5.75 Å². The van der Waals surface area contributed by atoms with Crippen molar-refractivity contribution >= 4 is 17.5 Å². The summed E-state index contributed by atoms with van der Waals surface area (Å²) in [6.45, 7) is 0.491. The molecular formula is C13H13ClN4O2. The van der Waals surface area contributed by atoms with Gasteiger partial charge in [-0.2, -0.15) is 5.10 Å². The standard InChI is InChI=1S/C13H13ClN4O2/c14-9-1-2-10-8(5-9)6-11(20-10)13(19)15-4-3-12-16-7-17-18-12/h1-2,5,7,11H,3-4,6H2,(H,15,19)(H,16,17,18). The molecule has 1 amide bonds. The lowest BCUT2D eigenvalue weighted by Crippen LogP contribution is -2.38. The molecule has 2 heterocycles. The third-order valence-corrected chi connectivity index (χ3v) is 3.35. The van der Waals surface area contributed by atoms with E-state index in [9.17, 15) is 4.79 Å². The minimum Gasteiger partial charge on any atom is -0.480 e. The zero-order chi connectivity index (χ0) is 13.9. The number of fused-ring (bicyclic) bond motifs is 1.